The van der Waals surface area contributed by atoms with Crippen molar-refractivity contribution in [3.8, 4) is 17.0 Å². The van der Waals surface area contributed by atoms with Crippen LogP contribution >= 0.6 is 0 Å². The number of nitrogens with zero attached hydrogens (tertiary/aromatic N) is 3. The van der Waals surface area contributed by atoms with Gasteiger partial charge in [0.05, 0.1) is 5.69 Å². The van der Waals surface area contributed by atoms with Crippen LogP contribution in [0.2, 0.25) is 0 Å². The van der Waals surface area contributed by atoms with E-state index < -0.39 is 15.8 Å². The lowest BCUT2D eigenvalue weighted by Gasteiger charge is -2.12. The van der Waals surface area contributed by atoms with Gasteiger partial charge in [-0.05, 0) is 60.6 Å². The first-order valence-corrected chi connectivity index (χ1v) is 11.3. The number of hydrogen-bond acceptors (Lipinski definition) is 6. The highest BCUT2D eigenvalue weighted by atomic mass is 32.2. The van der Waals surface area contributed by atoms with Crippen LogP contribution in [0.3, 0.4) is 0 Å². The van der Waals surface area contributed by atoms with E-state index in [-0.39, 0.29) is 22.8 Å². The van der Waals surface area contributed by atoms with E-state index in [1.165, 1.54) is 36.8 Å². The number of benzene rings is 1. The number of aromatic nitrogens is 3. The number of halogens is 1. The highest BCUT2D eigenvalue weighted by Gasteiger charge is 2.23. The second-order valence-electron chi connectivity index (χ2n) is 7.04. The first-order valence-electron chi connectivity index (χ1n) is 9.82. The standard InChI is InChI=1S/C23H21FN4O3S/c1-25-13-18-11-23(28(15-18)32(29,30)20-3-2-8-27-14-20)21-5-4-19(12-22(21)24)31-16-17-6-9-26-10-7-17/h2-12,14-15,25H,13,16H2,1H3. The topological polar surface area (TPSA) is 86.1 Å². The van der Waals surface area contributed by atoms with Crippen molar-refractivity contribution < 1.29 is 17.5 Å². The third-order valence-electron chi connectivity index (χ3n) is 4.79. The summed E-state index contributed by atoms with van der Waals surface area (Å²) in [6.07, 6.45) is 7.56. The minimum Gasteiger partial charge on any atom is -0.489 e. The Balaban J connectivity index is 1.70. The normalized spacial score (nSPS) is 11.4. The first kappa shape index (κ1) is 21.7. The molecule has 1 aromatic carbocycles. The molecule has 0 atom stereocenters. The summed E-state index contributed by atoms with van der Waals surface area (Å²) in [5, 5.41) is 2.98. The van der Waals surface area contributed by atoms with Gasteiger partial charge in [-0.2, -0.15) is 0 Å². The van der Waals surface area contributed by atoms with Crippen molar-refractivity contribution in [3.63, 3.8) is 0 Å². The molecule has 0 saturated heterocycles. The maximum Gasteiger partial charge on any atom is 0.269 e. The van der Waals surface area contributed by atoms with Gasteiger partial charge in [-0.3, -0.25) is 9.97 Å². The second-order valence-corrected chi connectivity index (χ2v) is 8.85. The molecule has 0 amide bonds. The molecule has 0 fully saturated rings. The Morgan fingerprint density at radius 2 is 1.84 bits per heavy atom. The van der Waals surface area contributed by atoms with Crippen LogP contribution in [0, 0.1) is 5.82 Å². The SMILES string of the molecule is CNCc1cc(-c2ccc(OCc3ccncc3)cc2F)n(S(=O)(=O)c2cccnc2)c1. The fraction of sp³-hybridized carbons (Fsp3) is 0.130. The van der Waals surface area contributed by atoms with E-state index in [1.807, 2.05) is 12.1 Å². The molecule has 4 rings (SSSR count). The largest absolute Gasteiger partial charge is 0.489 e. The Labute approximate surface area is 185 Å². The molecule has 0 saturated carbocycles. The van der Waals surface area contributed by atoms with Crippen molar-refractivity contribution in [2.24, 2.45) is 0 Å². The van der Waals surface area contributed by atoms with E-state index >= 15 is 4.39 Å². The van der Waals surface area contributed by atoms with E-state index in [9.17, 15) is 8.42 Å². The van der Waals surface area contributed by atoms with Crippen LogP contribution in [0.15, 0.2) is 84.4 Å². The highest BCUT2D eigenvalue weighted by molar-refractivity contribution is 7.90. The van der Waals surface area contributed by atoms with Crippen molar-refractivity contribution in [2.75, 3.05) is 7.05 Å². The van der Waals surface area contributed by atoms with E-state index in [4.69, 9.17) is 4.74 Å². The molecule has 0 bridgehead atoms. The Morgan fingerprint density at radius 1 is 1.03 bits per heavy atom. The van der Waals surface area contributed by atoms with E-state index in [2.05, 4.69) is 15.3 Å². The molecule has 0 aliphatic rings. The molecule has 1 N–H and O–H groups in total. The summed E-state index contributed by atoms with van der Waals surface area (Å²) < 4.78 is 48.3. The van der Waals surface area contributed by atoms with Gasteiger partial charge in [-0.15, -0.1) is 0 Å². The van der Waals surface area contributed by atoms with Crippen LogP contribution in [0.25, 0.3) is 11.3 Å². The van der Waals surface area contributed by atoms with Crippen LogP contribution in [0.5, 0.6) is 5.75 Å². The number of nitrogens with one attached hydrogen (secondary N) is 1. The zero-order valence-corrected chi connectivity index (χ0v) is 18.1. The monoisotopic (exact) mass is 452 g/mol. The summed E-state index contributed by atoms with van der Waals surface area (Å²) >= 11 is 0. The Hall–Kier alpha value is -3.56. The summed E-state index contributed by atoms with van der Waals surface area (Å²) in [4.78, 5) is 7.87. The fourth-order valence-electron chi connectivity index (χ4n) is 3.25. The average Bonchev–Trinajstić information content (AvgIpc) is 3.24. The summed E-state index contributed by atoms with van der Waals surface area (Å²) in [6, 6.07) is 12.7. The Bertz CT molecular complexity index is 1310. The third kappa shape index (κ3) is 4.53. The van der Waals surface area contributed by atoms with Gasteiger partial charge in [0.2, 0.25) is 0 Å². The summed E-state index contributed by atoms with van der Waals surface area (Å²) in [7, 11) is -2.21. The molecule has 0 radical (unpaired) electrons. The molecule has 3 aromatic heterocycles. The van der Waals surface area contributed by atoms with E-state index in [0.717, 1.165) is 9.54 Å². The zero-order valence-electron chi connectivity index (χ0n) is 17.3. The summed E-state index contributed by atoms with van der Waals surface area (Å²) in [6.45, 7) is 0.691. The predicted octanol–water partition coefficient (Wildman–Crippen LogP) is 3.62. The van der Waals surface area contributed by atoms with Crippen molar-refractivity contribution in [3.05, 3.63) is 96.5 Å². The van der Waals surface area contributed by atoms with Gasteiger partial charge in [-0.1, -0.05) is 0 Å². The lowest BCUT2D eigenvalue weighted by atomic mass is 10.1. The van der Waals surface area contributed by atoms with Gasteiger partial charge >= 0.3 is 0 Å². The van der Waals surface area contributed by atoms with E-state index in [0.29, 0.717) is 17.9 Å². The highest BCUT2D eigenvalue weighted by Crippen LogP contribution is 2.31. The van der Waals surface area contributed by atoms with Gasteiger partial charge in [0, 0.05) is 49.2 Å². The van der Waals surface area contributed by atoms with Crippen LogP contribution in [-0.4, -0.2) is 29.4 Å². The Morgan fingerprint density at radius 3 is 2.53 bits per heavy atom. The number of ether oxygens (including phenoxy) is 1. The average molecular weight is 453 g/mol. The van der Waals surface area contributed by atoms with Crippen molar-refractivity contribution in [1.29, 1.82) is 0 Å². The van der Waals surface area contributed by atoms with Crippen LogP contribution in [0.1, 0.15) is 11.1 Å². The molecule has 7 nitrogen and oxygen atoms in total. The molecule has 3 heterocycles. The van der Waals surface area contributed by atoms with Crippen molar-refractivity contribution >= 4 is 10.0 Å². The van der Waals surface area contributed by atoms with E-state index in [1.54, 1.807) is 37.6 Å². The molecule has 32 heavy (non-hydrogen) atoms. The van der Waals surface area contributed by atoms with Gasteiger partial charge in [0.1, 0.15) is 23.1 Å². The van der Waals surface area contributed by atoms with Gasteiger partial charge in [0.25, 0.3) is 10.0 Å². The van der Waals surface area contributed by atoms with Crippen LogP contribution in [-0.2, 0) is 23.2 Å². The minimum absolute atomic E-state index is 0.0190. The van der Waals surface area contributed by atoms with Crippen molar-refractivity contribution in [1.82, 2.24) is 19.3 Å². The molecule has 0 unspecified atom stereocenters. The number of hydrogen-bond donors (Lipinski definition) is 1. The fourth-order valence-corrected chi connectivity index (χ4v) is 4.60. The lowest BCUT2D eigenvalue weighted by molar-refractivity contribution is 0.304. The zero-order chi connectivity index (χ0) is 22.6. The maximum atomic E-state index is 15.1. The van der Waals surface area contributed by atoms with Gasteiger partial charge < -0.3 is 10.1 Å². The molecular weight excluding hydrogens is 431 g/mol. The molecular formula is C23H21FN4O3S. The third-order valence-corrected chi connectivity index (χ3v) is 6.44. The molecule has 4 aromatic rings. The number of rotatable bonds is 8. The molecule has 0 aliphatic carbocycles. The first-order chi connectivity index (χ1) is 15.5. The predicted molar refractivity (Wildman–Crippen MR) is 118 cm³/mol. The molecule has 9 heteroatoms. The quantitative estimate of drug-likeness (QED) is 0.440. The van der Waals surface area contributed by atoms with Crippen LogP contribution < -0.4 is 10.1 Å². The second kappa shape index (κ2) is 9.29. The lowest BCUT2D eigenvalue weighted by Crippen LogP contribution is -2.14. The van der Waals surface area contributed by atoms with Gasteiger partial charge in [0.15, 0.2) is 0 Å². The van der Waals surface area contributed by atoms with Crippen molar-refractivity contribution in [2.45, 2.75) is 18.0 Å². The molecule has 0 spiro atoms. The maximum absolute atomic E-state index is 15.1. The van der Waals surface area contributed by atoms with Crippen LogP contribution in [0.4, 0.5) is 4.39 Å². The molecule has 164 valence electrons. The minimum atomic E-state index is -3.97. The Kier molecular flexibility index (Phi) is 6.29. The van der Waals surface area contributed by atoms with Gasteiger partial charge in [-0.25, -0.2) is 16.8 Å². The summed E-state index contributed by atoms with van der Waals surface area (Å²) in [5.41, 5.74) is 1.97. The smallest absolute Gasteiger partial charge is 0.269 e. The molecule has 0 aliphatic heterocycles. The number of pyridine rings is 2. The summed E-state index contributed by atoms with van der Waals surface area (Å²) in [5.74, 6) is -0.249.